The molecule has 1 aliphatic rings. The number of pyridine rings is 1. The van der Waals surface area contributed by atoms with E-state index in [-0.39, 0.29) is 5.92 Å². The number of nitrogen functional groups attached to an aromatic ring is 1. The van der Waals surface area contributed by atoms with Crippen LogP contribution < -0.4 is 11.1 Å². The summed E-state index contributed by atoms with van der Waals surface area (Å²) in [6.07, 6.45) is 3.25. The number of fused-ring (bicyclic) bond motifs is 2. The molecule has 2 aromatic carbocycles. The molecule has 2 aromatic heterocycles. The summed E-state index contributed by atoms with van der Waals surface area (Å²) in [7, 11) is 0. The van der Waals surface area contributed by atoms with Gasteiger partial charge in [0.1, 0.15) is 11.3 Å². The lowest BCUT2D eigenvalue weighted by atomic mass is 9.88. The van der Waals surface area contributed by atoms with Crippen molar-refractivity contribution in [3.8, 4) is 0 Å². The summed E-state index contributed by atoms with van der Waals surface area (Å²) in [6.45, 7) is 0.903. The Morgan fingerprint density at radius 2 is 1.90 bits per heavy atom. The molecule has 0 saturated carbocycles. The first kappa shape index (κ1) is 17.8. The molecule has 0 unspecified atom stereocenters. The summed E-state index contributed by atoms with van der Waals surface area (Å²) in [5.74, 6) is 0.637. The van der Waals surface area contributed by atoms with E-state index in [0.717, 1.165) is 36.9 Å². The molecule has 0 radical (unpaired) electrons. The zero-order chi connectivity index (χ0) is 19.6. The van der Waals surface area contributed by atoms with Gasteiger partial charge in [-0.2, -0.15) is 10.3 Å². The van der Waals surface area contributed by atoms with Crippen LogP contribution in [0.15, 0.2) is 60.7 Å². The fourth-order valence-electron chi connectivity index (χ4n) is 4.50. The molecule has 0 saturated heterocycles. The number of nitrogens with one attached hydrogen (secondary N) is 2. The van der Waals surface area contributed by atoms with E-state index in [4.69, 9.17) is 5.73 Å². The SMILES string of the molecule is Nc1cc([C@H](CCN[C@@H]2CCc3ccccc32)c2ccccc2)c2n[nH]nc2n1. The molecule has 0 fully saturated rings. The Kier molecular flexibility index (Phi) is 4.69. The maximum Gasteiger partial charge on any atom is 0.203 e. The summed E-state index contributed by atoms with van der Waals surface area (Å²) in [4.78, 5) is 4.30. The van der Waals surface area contributed by atoms with Gasteiger partial charge in [0.05, 0.1) is 0 Å². The van der Waals surface area contributed by atoms with Crippen molar-refractivity contribution >= 4 is 17.0 Å². The average Bonchev–Trinajstić information content (AvgIpc) is 3.38. The molecule has 0 amide bonds. The lowest BCUT2D eigenvalue weighted by Gasteiger charge is -2.21. The molecule has 0 aliphatic heterocycles. The van der Waals surface area contributed by atoms with Crippen molar-refractivity contribution in [2.24, 2.45) is 0 Å². The first-order valence-corrected chi connectivity index (χ1v) is 10.1. The van der Waals surface area contributed by atoms with Crippen LogP contribution in [-0.4, -0.2) is 26.9 Å². The molecule has 4 N–H and O–H groups in total. The van der Waals surface area contributed by atoms with Gasteiger partial charge in [-0.15, -0.1) is 5.10 Å². The summed E-state index contributed by atoms with van der Waals surface area (Å²) in [5, 5.41) is 15.0. The number of nitrogens with zero attached hydrogens (tertiary/aromatic N) is 3. The highest BCUT2D eigenvalue weighted by Crippen LogP contribution is 2.34. The highest BCUT2D eigenvalue weighted by atomic mass is 15.3. The summed E-state index contributed by atoms with van der Waals surface area (Å²) >= 11 is 0. The quantitative estimate of drug-likeness (QED) is 0.471. The fraction of sp³-hybridized carbons (Fsp3) is 0.261. The number of aromatic amines is 1. The molecule has 4 aromatic rings. The van der Waals surface area contributed by atoms with E-state index in [1.54, 1.807) is 0 Å². The van der Waals surface area contributed by atoms with Crippen LogP contribution in [0.1, 0.15) is 47.1 Å². The number of H-pyrrole nitrogens is 1. The third kappa shape index (κ3) is 3.47. The average molecular weight is 384 g/mol. The van der Waals surface area contributed by atoms with Crippen molar-refractivity contribution in [3.05, 3.63) is 82.9 Å². The van der Waals surface area contributed by atoms with Crippen LogP contribution in [0.5, 0.6) is 0 Å². The number of hydrogen-bond donors (Lipinski definition) is 3. The van der Waals surface area contributed by atoms with Crippen molar-refractivity contribution in [2.75, 3.05) is 12.3 Å². The number of aryl methyl sites for hydroxylation is 1. The summed E-state index contributed by atoms with van der Waals surface area (Å²) < 4.78 is 0. The van der Waals surface area contributed by atoms with Gasteiger partial charge < -0.3 is 11.1 Å². The van der Waals surface area contributed by atoms with Crippen LogP contribution in [0.4, 0.5) is 5.82 Å². The highest BCUT2D eigenvalue weighted by Gasteiger charge is 2.23. The zero-order valence-electron chi connectivity index (χ0n) is 16.2. The third-order valence-electron chi connectivity index (χ3n) is 5.88. The van der Waals surface area contributed by atoms with Crippen LogP contribution in [0, 0.1) is 0 Å². The van der Waals surface area contributed by atoms with Crippen molar-refractivity contribution in [1.82, 2.24) is 25.7 Å². The first-order valence-electron chi connectivity index (χ1n) is 10.1. The molecule has 5 rings (SSSR count). The smallest absolute Gasteiger partial charge is 0.203 e. The van der Waals surface area contributed by atoms with Gasteiger partial charge in [-0.3, -0.25) is 0 Å². The van der Waals surface area contributed by atoms with Crippen molar-refractivity contribution in [2.45, 2.75) is 31.2 Å². The van der Waals surface area contributed by atoms with E-state index >= 15 is 0 Å². The summed E-state index contributed by atoms with van der Waals surface area (Å²) in [6, 6.07) is 21.6. The fourth-order valence-corrected chi connectivity index (χ4v) is 4.50. The zero-order valence-corrected chi connectivity index (χ0v) is 16.2. The molecule has 29 heavy (non-hydrogen) atoms. The van der Waals surface area contributed by atoms with Gasteiger partial charge in [0.15, 0.2) is 0 Å². The minimum atomic E-state index is 0.165. The Morgan fingerprint density at radius 1 is 1.07 bits per heavy atom. The topological polar surface area (TPSA) is 92.5 Å². The van der Waals surface area contributed by atoms with Crippen LogP contribution in [-0.2, 0) is 6.42 Å². The Morgan fingerprint density at radius 3 is 2.79 bits per heavy atom. The normalized spacial score (nSPS) is 16.8. The molecule has 1 aliphatic carbocycles. The standard InChI is InChI=1S/C23H24N6/c24-21-14-19(22-23(26-21)28-29-27-22)17(15-6-2-1-3-7-15)12-13-25-20-11-10-16-8-4-5-9-18(16)20/h1-9,14,17,20,25H,10-13H2,(H3,24,26,27,28,29)/t17-,20-/m1/s1. The molecule has 6 nitrogen and oxygen atoms in total. The second-order valence-electron chi connectivity index (χ2n) is 7.63. The molecule has 2 atom stereocenters. The maximum atomic E-state index is 6.07. The number of aromatic nitrogens is 4. The molecular weight excluding hydrogens is 360 g/mol. The Labute approximate surface area is 169 Å². The van der Waals surface area contributed by atoms with E-state index in [1.165, 1.54) is 16.7 Å². The van der Waals surface area contributed by atoms with Crippen LogP contribution >= 0.6 is 0 Å². The van der Waals surface area contributed by atoms with E-state index < -0.39 is 0 Å². The van der Waals surface area contributed by atoms with Crippen molar-refractivity contribution in [1.29, 1.82) is 0 Å². The molecule has 146 valence electrons. The van der Waals surface area contributed by atoms with Gasteiger partial charge in [-0.05, 0) is 54.1 Å². The van der Waals surface area contributed by atoms with Gasteiger partial charge in [-0.1, -0.05) is 54.6 Å². The lowest BCUT2D eigenvalue weighted by Crippen LogP contribution is -2.22. The first-order chi connectivity index (χ1) is 14.3. The van der Waals surface area contributed by atoms with Gasteiger partial charge in [-0.25, -0.2) is 4.98 Å². The number of anilines is 1. The number of nitrogens with two attached hydrogens (primary N) is 1. The molecule has 0 spiro atoms. The van der Waals surface area contributed by atoms with Crippen molar-refractivity contribution in [3.63, 3.8) is 0 Å². The van der Waals surface area contributed by atoms with Crippen molar-refractivity contribution < 1.29 is 0 Å². The summed E-state index contributed by atoms with van der Waals surface area (Å²) in [5.41, 5.74) is 12.7. The Bertz CT molecular complexity index is 1120. The number of hydrogen-bond acceptors (Lipinski definition) is 5. The molecular formula is C23H24N6. The number of rotatable bonds is 6. The Balaban J connectivity index is 1.41. The monoisotopic (exact) mass is 384 g/mol. The van der Waals surface area contributed by atoms with E-state index in [9.17, 15) is 0 Å². The lowest BCUT2D eigenvalue weighted by molar-refractivity contribution is 0.508. The van der Waals surface area contributed by atoms with E-state index in [0.29, 0.717) is 17.5 Å². The predicted molar refractivity (Wildman–Crippen MR) is 115 cm³/mol. The van der Waals surface area contributed by atoms with E-state index in [2.05, 4.69) is 74.2 Å². The van der Waals surface area contributed by atoms with E-state index in [1.807, 2.05) is 12.1 Å². The van der Waals surface area contributed by atoms with Gasteiger partial charge >= 0.3 is 0 Å². The maximum absolute atomic E-state index is 6.07. The second kappa shape index (κ2) is 7.64. The highest BCUT2D eigenvalue weighted by molar-refractivity contribution is 5.77. The third-order valence-corrected chi connectivity index (χ3v) is 5.88. The Hall–Kier alpha value is -3.25. The predicted octanol–water partition coefficient (Wildman–Crippen LogP) is 3.73. The molecule has 2 heterocycles. The van der Waals surface area contributed by atoms with Gasteiger partial charge in [0.25, 0.3) is 0 Å². The van der Waals surface area contributed by atoms with Crippen LogP contribution in [0.2, 0.25) is 0 Å². The molecule has 0 bridgehead atoms. The minimum Gasteiger partial charge on any atom is -0.384 e. The largest absolute Gasteiger partial charge is 0.384 e. The molecule has 6 heteroatoms. The van der Waals surface area contributed by atoms with Gasteiger partial charge in [0.2, 0.25) is 5.65 Å². The number of benzene rings is 2. The van der Waals surface area contributed by atoms with Crippen LogP contribution in [0.25, 0.3) is 11.2 Å². The van der Waals surface area contributed by atoms with Crippen LogP contribution in [0.3, 0.4) is 0 Å². The minimum absolute atomic E-state index is 0.165. The van der Waals surface area contributed by atoms with Gasteiger partial charge in [0, 0.05) is 12.0 Å². The second-order valence-corrected chi connectivity index (χ2v) is 7.63.